The van der Waals surface area contributed by atoms with Crippen molar-refractivity contribution in [2.24, 2.45) is 0 Å². The molecule has 160 valence electrons. The van der Waals surface area contributed by atoms with Crippen LogP contribution in [0.2, 0.25) is 0 Å². The van der Waals surface area contributed by atoms with Gasteiger partial charge in [-0.15, -0.1) is 0 Å². The molecule has 0 aliphatic heterocycles. The average Bonchev–Trinajstić information content (AvgIpc) is 3.05. The van der Waals surface area contributed by atoms with E-state index in [-0.39, 0.29) is 5.75 Å². The number of nitrogens with one attached hydrogen (secondary N) is 1. The zero-order chi connectivity index (χ0) is 22.1. The Labute approximate surface area is 176 Å². The van der Waals surface area contributed by atoms with Crippen LogP contribution >= 0.6 is 0 Å². The fourth-order valence-electron chi connectivity index (χ4n) is 2.99. The minimum atomic E-state index is -3.36. The molecule has 30 heavy (non-hydrogen) atoms. The van der Waals surface area contributed by atoms with Gasteiger partial charge in [-0.05, 0) is 63.6 Å². The lowest BCUT2D eigenvalue weighted by molar-refractivity contribution is 0.0547. The van der Waals surface area contributed by atoms with Crippen LogP contribution in [0, 0.1) is 0 Å². The predicted octanol–water partition coefficient (Wildman–Crippen LogP) is 4.86. The maximum Gasteiger partial charge on any atom is 0.419 e. The number of ether oxygens (including phenoxy) is 2. The molecule has 7 nitrogen and oxygen atoms in total. The number of methoxy groups -OCH3 is 1. The number of benzene rings is 2. The van der Waals surface area contributed by atoms with Crippen molar-refractivity contribution in [1.82, 2.24) is 4.57 Å². The number of carbonyl (C=O) groups excluding carboxylic acids is 1. The summed E-state index contributed by atoms with van der Waals surface area (Å²) in [7, 11) is -1.80. The summed E-state index contributed by atoms with van der Waals surface area (Å²) in [4.78, 5) is 13.0. The first-order chi connectivity index (χ1) is 14.0. The second-order valence-corrected chi connectivity index (χ2v) is 9.86. The van der Waals surface area contributed by atoms with Gasteiger partial charge in [-0.2, -0.15) is 0 Å². The van der Waals surface area contributed by atoms with Gasteiger partial charge in [0.25, 0.3) is 0 Å². The highest BCUT2D eigenvalue weighted by Gasteiger charge is 2.23. The van der Waals surface area contributed by atoms with Crippen LogP contribution in [0.5, 0.6) is 5.75 Å². The fourth-order valence-corrected chi connectivity index (χ4v) is 3.62. The Morgan fingerprint density at radius 3 is 2.30 bits per heavy atom. The minimum absolute atomic E-state index is 0.0104. The number of rotatable bonds is 5. The molecule has 0 fully saturated rings. The van der Waals surface area contributed by atoms with E-state index in [9.17, 15) is 13.2 Å². The largest absolute Gasteiger partial charge is 0.497 e. The summed E-state index contributed by atoms with van der Waals surface area (Å²) < 4.78 is 38.5. The van der Waals surface area contributed by atoms with Crippen LogP contribution in [-0.2, 0) is 14.8 Å². The third-order valence-electron chi connectivity index (χ3n) is 4.42. The van der Waals surface area contributed by atoms with E-state index >= 15 is 0 Å². The molecular weight excluding hydrogens is 404 g/mol. The lowest BCUT2D eigenvalue weighted by Crippen LogP contribution is -2.27. The van der Waals surface area contributed by atoms with E-state index in [1.807, 2.05) is 39.0 Å². The zero-order valence-electron chi connectivity index (χ0n) is 17.7. The molecule has 0 aliphatic rings. The quantitative estimate of drug-likeness (QED) is 0.625. The molecule has 1 heterocycles. The van der Waals surface area contributed by atoms with Crippen LogP contribution in [0.15, 0.2) is 48.5 Å². The first kappa shape index (κ1) is 21.7. The molecule has 1 N–H and O–H groups in total. The van der Waals surface area contributed by atoms with Crippen LogP contribution in [0.4, 0.5) is 10.5 Å². The molecule has 0 aliphatic carbocycles. The van der Waals surface area contributed by atoms with E-state index in [4.69, 9.17) is 9.47 Å². The Balaban J connectivity index is 2.10. The van der Waals surface area contributed by atoms with E-state index in [0.717, 1.165) is 10.9 Å². The normalized spacial score (nSPS) is 12.0. The van der Waals surface area contributed by atoms with Crippen molar-refractivity contribution in [2.45, 2.75) is 33.3 Å². The second kappa shape index (κ2) is 8.02. The van der Waals surface area contributed by atoms with Gasteiger partial charge < -0.3 is 9.47 Å². The van der Waals surface area contributed by atoms with Crippen molar-refractivity contribution < 1.29 is 22.7 Å². The minimum Gasteiger partial charge on any atom is -0.497 e. The van der Waals surface area contributed by atoms with Crippen LogP contribution in [0.25, 0.3) is 22.2 Å². The molecule has 0 saturated carbocycles. The molecule has 0 saturated heterocycles. The Morgan fingerprint density at radius 2 is 1.73 bits per heavy atom. The first-order valence-electron chi connectivity index (χ1n) is 9.57. The Hall–Kier alpha value is -3.00. The van der Waals surface area contributed by atoms with Gasteiger partial charge in [0.1, 0.15) is 11.4 Å². The molecule has 0 spiro atoms. The summed E-state index contributed by atoms with van der Waals surface area (Å²) in [5, 5.41) is 0.854. The summed E-state index contributed by atoms with van der Waals surface area (Å²) in [5.74, 6) is 0.616. The first-order valence-corrected chi connectivity index (χ1v) is 11.2. The number of nitrogens with zero attached hydrogens (tertiary/aromatic N) is 1. The van der Waals surface area contributed by atoms with E-state index in [1.165, 1.54) is 4.57 Å². The molecule has 1 aromatic heterocycles. The highest BCUT2D eigenvalue weighted by molar-refractivity contribution is 7.92. The van der Waals surface area contributed by atoms with E-state index < -0.39 is 21.7 Å². The van der Waals surface area contributed by atoms with Gasteiger partial charge in [-0.3, -0.25) is 4.72 Å². The highest BCUT2D eigenvalue weighted by Crippen LogP contribution is 2.32. The number of fused-ring (bicyclic) bond motifs is 1. The Bertz CT molecular complexity index is 1170. The lowest BCUT2D eigenvalue weighted by atomic mass is 10.1. The van der Waals surface area contributed by atoms with Crippen LogP contribution in [0.3, 0.4) is 0 Å². The van der Waals surface area contributed by atoms with Gasteiger partial charge in [0.2, 0.25) is 10.0 Å². The van der Waals surface area contributed by atoms with Crippen LogP contribution in [0.1, 0.15) is 27.7 Å². The topological polar surface area (TPSA) is 86.6 Å². The standard InChI is InChI=1S/C22H26N2O5S/c1-6-30(26,27)23-17-10-7-15(8-11-17)19-13-16-9-12-18(28-5)14-20(16)24(19)21(25)29-22(2,3)4/h7-14,23H,6H2,1-5H3. The number of hydrogen-bond donors (Lipinski definition) is 1. The monoisotopic (exact) mass is 430 g/mol. The van der Waals surface area contributed by atoms with E-state index in [1.54, 1.807) is 44.4 Å². The lowest BCUT2D eigenvalue weighted by Gasteiger charge is -2.21. The number of anilines is 1. The summed E-state index contributed by atoms with van der Waals surface area (Å²) in [5.41, 5.74) is 1.84. The number of aromatic nitrogens is 1. The molecule has 0 amide bonds. The molecule has 3 rings (SSSR count). The van der Waals surface area contributed by atoms with Crippen LogP contribution in [-0.4, -0.2) is 37.5 Å². The molecule has 0 radical (unpaired) electrons. The Morgan fingerprint density at radius 1 is 1.07 bits per heavy atom. The molecule has 0 atom stereocenters. The third-order valence-corrected chi connectivity index (χ3v) is 5.73. The van der Waals surface area contributed by atoms with Crippen molar-refractivity contribution in [1.29, 1.82) is 0 Å². The molecule has 0 bridgehead atoms. The van der Waals surface area contributed by atoms with E-state index in [2.05, 4.69) is 4.72 Å². The summed E-state index contributed by atoms with van der Waals surface area (Å²) in [6, 6.07) is 14.2. The predicted molar refractivity (Wildman–Crippen MR) is 119 cm³/mol. The SMILES string of the molecule is CCS(=O)(=O)Nc1ccc(-c2cc3ccc(OC)cc3n2C(=O)OC(C)(C)C)cc1. The number of hydrogen-bond acceptors (Lipinski definition) is 5. The highest BCUT2D eigenvalue weighted by atomic mass is 32.2. The van der Waals surface area contributed by atoms with Crippen LogP contribution < -0.4 is 9.46 Å². The molecule has 0 unspecified atom stereocenters. The van der Waals surface area contributed by atoms with Crippen molar-refractivity contribution in [2.75, 3.05) is 17.6 Å². The summed E-state index contributed by atoms with van der Waals surface area (Å²) >= 11 is 0. The van der Waals surface area contributed by atoms with Crippen molar-refractivity contribution in [3.63, 3.8) is 0 Å². The maximum atomic E-state index is 13.0. The zero-order valence-corrected chi connectivity index (χ0v) is 18.5. The second-order valence-electron chi connectivity index (χ2n) is 7.85. The van der Waals surface area contributed by atoms with E-state index in [0.29, 0.717) is 22.6 Å². The number of sulfonamides is 1. The fraction of sp³-hybridized carbons (Fsp3) is 0.318. The molecule has 3 aromatic rings. The van der Waals surface area contributed by atoms with Gasteiger partial charge in [0.05, 0.1) is 24.1 Å². The number of carbonyl (C=O) groups is 1. The van der Waals surface area contributed by atoms with Crippen molar-refractivity contribution in [3.8, 4) is 17.0 Å². The van der Waals surface area contributed by atoms with Crippen molar-refractivity contribution >= 4 is 32.7 Å². The smallest absolute Gasteiger partial charge is 0.419 e. The molecular formula is C22H26N2O5S. The van der Waals surface area contributed by atoms with Gasteiger partial charge >= 0.3 is 6.09 Å². The summed E-state index contributed by atoms with van der Waals surface area (Å²) in [6.45, 7) is 7.01. The molecule has 2 aromatic carbocycles. The van der Waals surface area contributed by atoms with Gasteiger partial charge in [0, 0.05) is 17.1 Å². The maximum absolute atomic E-state index is 13.0. The third kappa shape index (κ3) is 4.76. The Kier molecular flexibility index (Phi) is 5.81. The van der Waals surface area contributed by atoms with Gasteiger partial charge in [-0.25, -0.2) is 17.8 Å². The van der Waals surface area contributed by atoms with Gasteiger partial charge in [-0.1, -0.05) is 12.1 Å². The molecule has 8 heteroatoms. The average molecular weight is 431 g/mol. The van der Waals surface area contributed by atoms with Gasteiger partial charge in [0.15, 0.2) is 0 Å². The van der Waals surface area contributed by atoms with Crippen molar-refractivity contribution in [3.05, 3.63) is 48.5 Å². The summed E-state index contributed by atoms with van der Waals surface area (Å²) in [6.07, 6.45) is -0.503.